The summed E-state index contributed by atoms with van der Waals surface area (Å²) in [6, 6.07) is 7.14. The number of hydrogen-bond donors (Lipinski definition) is 0. The van der Waals surface area contributed by atoms with Crippen molar-refractivity contribution < 1.29 is 31.9 Å². The van der Waals surface area contributed by atoms with Crippen molar-refractivity contribution in [3.8, 4) is 0 Å². The maximum absolute atomic E-state index is 14.1. The monoisotopic (exact) mass is 644 g/mol. The summed E-state index contributed by atoms with van der Waals surface area (Å²) in [5.41, 5.74) is 2.03. The van der Waals surface area contributed by atoms with Crippen LogP contribution in [0.3, 0.4) is 0 Å². The zero-order valence-corrected chi connectivity index (χ0v) is 26.9. The van der Waals surface area contributed by atoms with E-state index in [2.05, 4.69) is 4.98 Å². The number of imidazole rings is 1. The fourth-order valence-corrected chi connectivity index (χ4v) is 6.18. The van der Waals surface area contributed by atoms with Gasteiger partial charge in [0, 0.05) is 62.3 Å². The van der Waals surface area contributed by atoms with Gasteiger partial charge in [0.2, 0.25) is 11.7 Å². The minimum absolute atomic E-state index is 0.0598. The third kappa shape index (κ3) is 7.35. The van der Waals surface area contributed by atoms with Crippen LogP contribution in [0.1, 0.15) is 64.2 Å². The number of carbonyl (C=O) groups is 2. The predicted molar refractivity (Wildman–Crippen MR) is 164 cm³/mol. The first kappa shape index (κ1) is 33.4. The minimum atomic E-state index is -4.67. The molecule has 1 fully saturated rings. The second kappa shape index (κ2) is 12.3. The molecule has 2 aliphatic heterocycles. The molecule has 0 aliphatic carbocycles. The Morgan fingerprint density at radius 2 is 1.74 bits per heavy atom. The van der Waals surface area contributed by atoms with Crippen molar-refractivity contribution in [1.82, 2.24) is 24.3 Å². The highest BCUT2D eigenvalue weighted by molar-refractivity contribution is 5.97. The summed E-state index contributed by atoms with van der Waals surface area (Å²) in [5, 5.41) is 0. The van der Waals surface area contributed by atoms with Crippen LogP contribution < -0.4 is 4.90 Å². The Bertz CT molecular complexity index is 1580. The Labute approximate surface area is 266 Å². The van der Waals surface area contributed by atoms with Crippen molar-refractivity contribution in [3.05, 3.63) is 77.4 Å². The Morgan fingerprint density at radius 3 is 2.39 bits per heavy atom. The summed E-state index contributed by atoms with van der Waals surface area (Å²) < 4.78 is 61.3. The highest BCUT2D eigenvalue weighted by Gasteiger charge is 2.43. The van der Waals surface area contributed by atoms with Gasteiger partial charge in [0.05, 0.1) is 17.9 Å². The van der Waals surface area contributed by atoms with Crippen LogP contribution in [-0.2, 0) is 34.1 Å². The van der Waals surface area contributed by atoms with E-state index in [1.807, 2.05) is 31.7 Å². The van der Waals surface area contributed by atoms with Crippen molar-refractivity contribution in [2.24, 2.45) is 0 Å². The molecule has 4 heterocycles. The molecule has 2 aromatic heterocycles. The number of hydrogen-bond acceptors (Lipinski definition) is 6. The van der Waals surface area contributed by atoms with E-state index in [9.17, 15) is 27.2 Å². The van der Waals surface area contributed by atoms with Crippen LogP contribution in [0.2, 0.25) is 0 Å². The highest BCUT2D eigenvalue weighted by atomic mass is 19.4. The molecule has 2 amide bonds. The summed E-state index contributed by atoms with van der Waals surface area (Å²) in [4.78, 5) is 40.5. The van der Waals surface area contributed by atoms with E-state index in [4.69, 9.17) is 9.72 Å². The van der Waals surface area contributed by atoms with Gasteiger partial charge in [-0.05, 0) is 63.4 Å². The third-order valence-corrected chi connectivity index (χ3v) is 8.33. The Kier molecular flexibility index (Phi) is 8.93. The molecule has 0 saturated carbocycles. The largest absolute Gasteiger partial charge is 0.449 e. The van der Waals surface area contributed by atoms with Gasteiger partial charge < -0.3 is 19.1 Å². The number of piperazine rings is 1. The van der Waals surface area contributed by atoms with E-state index in [1.54, 1.807) is 44.0 Å². The average molecular weight is 645 g/mol. The van der Waals surface area contributed by atoms with Crippen LogP contribution in [0, 0.1) is 5.82 Å². The number of ether oxygens (including phenoxy) is 1. The Balaban J connectivity index is 1.40. The molecule has 1 saturated heterocycles. The molecule has 0 spiro atoms. The maximum Gasteiger partial charge on any atom is 0.449 e. The molecule has 1 aromatic carbocycles. The molecule has 248 valence electrons. The minimum Gasteiger partial charge on any atom is -0.444 e. The van der Waals surface area contributed by atoms with Crippen LogP contribution in [0.25, 0.3) is 0 Å². The van der Waals surface area contributed by atoms with Crippen LogP contribution in [0.5, 0.6) is 0 Å². The van der Waals surface area contributed by atoms with Gasteiger partial charge in [0.1, 0.15) is 11.4 Å². The fraction of sp³-hybridized carbons (Fsp3) is 0.515. The lowest BCUT2D eigenvalue weighted by molar-refractivity contribution is -0.148. The highest BCUT2D eigenvalue weighted by Crippen LogP contribution is 2.40. The summed E-state index contributed by atoms with van der Waals surface area (Å²) >= 11 is 0. The lowest BCUT2D eigenvalue weighted by Gasteiger charge is -2.45. The number of amides is 2. The number of carbonyl (C=O) groups excluding carboxylic acids is 2. The van der Waals surface area contributed by atoms with E-state index in [0.29, 0.717) is 18.7 Å². The molecule has 3 aromatic rings. The molecular formula is C33H40F4N6O3. The number of halogens is 4. The number of alkyl halides is 3. The summed E-state index contributed by atoms with van der Waals surface area (Å²) in [5.74, 6) is -1.59. The number of anilines is 1. The van der Waals surface area contributed by atoms with E-state index in [0.717, 1.165) is 27.6 Å². The second-order valence-electron chi connectivity index (χ2n) is 13.8. The lowest BCUT2D eigenvalue weighted by atomic mass is 9.91. The third-order valence-electron chi connectivity index (χ3n) is 8.33. The van der Waals surface area contributed by atoms with E-state index >= 15 is 0 Å². The van der Waals surface area contributed by atoms with Gasteiger partial charge in [-0.2, -0.15) is 13.2 Å². The molecule has 0 bridgehead atoms. The van der Waals surface area contributed by atoms with Crippen LogP contribution in [0.15, 0.2) is 48.9 Å². The van der Waals surface area contributed by atoms with Crippen molar-refractivity contribution in [2.75, 3.05) is 31.1 Å². The van der Waals surface area contributed by atoms with Crippen molar-refractivity contribution in [2.45, 2.75) is 83.8 Å². The Morgan fingerprint density at radius 1 is 1.04 bits per heavy atom. The second-order valence-corrected chi connectivity index (χ2v) is 13.8. The normalized spacial score (nSPS) is 20.1. The molecule has 0 N–H and O–H groups in total. The van der Waals surface area contributed by atoms with Gasteiger partial charge >= 0.3 is 12.3 Å². The average Bonchev–Trinajstić information content (AvgIpc) is 3.52. The van der Waals surface area contributed by atoms with Gasteiger partial charge in [-0.25, -0.2) is 14.2 Å². The summed E-state index contributed by atoms with van der Waals surface area (Å²) in [7, 11) is 0. The number of nitrogens with zero attached hydrogens (tertiary/aromatic N) is 6. The predicted octanol–water partition coefficient (Wildman–Crippen LogP) is 5.66. The maximum atomic E-state index is 14.1. The molecule has 2 atom stereocenters. The molecule has 9 nitrogen and oxygen atoms in total. The Hall–Kier alpha value is -4.00. The number of benzene rings is 1. The zero-order valence-electron chi connectivity index (χ0n) is 26.9. The molecule has 46 heavy (non-hydrogen) atoms. The summed E-state index contributed by atoms with van der Waals surface area (Å²) in [6.45, 7) is 11.6. The van der Waals surface area contributed by atoms with Crippen molar-refractivity contribution in [1.29, 1.82) is 0 Å². The SMILES string of the molecule is C[C@@H]1CN(CC(=O)N2CC(C)(C)c3ncc(Cc4ccc(F)cc4)cc32)[C@@H](Cn2ccnc2C(F)(F)F)CN1C(=O)OC(C)(C)C. The standard InChI is InChI=1S/C33H40F4N6O3/c1-21-16-41(25(18-42(21)30(45)46-31(2,3)4)17-40-12-11-38-29(40)33(35,36)37)19-27(44)43-20-32(5,6)28-26(43)14-23(15-39-28)13-22-7-9-24(34)10-8-22/h7-12,14-15,21,25H,13,16-20H2,1-6H3/t21-,25+/m1/s1. The fourth-order valence-electron chi connectivity index (χ4n) is 6.18. The zero-order chi connectivity index (χ0) is 33.6. The van der Waals surface area contributed by atoms with Crippen molar-refractivity contribution >= 4 is 17.7 Å². The molecule has 2 aliphatic rings. The quantitative estimate of drug-likeness (QED) is 0.322. The number of pyridine rings is 1. The molecular weight excluding hydrogens is 604 g/mol. The molecule has 0 unspecified atom stereocenters. The van der Waals surface area contributed by atoms with Gasteiger partial charge in [-0.1, -0.05) is 26.0 Å². The molecule has 0 radical (unpaired) electrons. The molecule has 13 heteroatoms. The topological polar surface area (TPSA) is 83.8 Å². The van der Waals surface area contributed by atoms with Crippen LogP contribution >= 0.6 is 0 Å². The van der Waals surface area contributed by atoms with Gasteiger partial charge in [0.15, 0.2) is 0 Å². The number of aromatic nitrogens is 3. The van der Waals surface area contributed by atoms with Gasteiger partial charge in [-0.3, -0.25) is 14.7 Å². The number of fused-ring (bicyclic) bond motifs is 1. The van der Waals surface area contributed by atoms with Gasteiger partial charge in [-0.15, -0.1) is 0 Å². The molecule has 5 rings (SSSR count). The first-order chi connectivity index (χ1) is 21.4. The van der Waals surface area contributed by atoms with Gasteiger partial charge in [0.25, 0.3) is 0 Å². The van der Waals surface area contributed by atoms with Crippen molar-refractivity contribution in [3.63, 3.8) is 0 Å². The first-order valence-electron chi connectivity index (χ1n) is 15.3. The van der Waals surface area contributed by atoms with E-state index in [-0.39, 0.29) is 43.9 Å². The van der Waals surface area contributed by atoms with E-state index in [1.165, 1.54) is 23.2 Å². The lowest BCUT2D eigenvalue weighted by Crippen LogP contribution is -2.62. The van der Waals surface area contributed by atoms with Crippen LogP contribution in [0.4, 0.5) is 28.0 Å². The smallest absolute Gasteiger partial charge is 0.444 e. The van der Waals surface area contributed by atoms with Crippen LogP contribution in [-0.4, -0.2) is 80.2 Å². The summed E-state index contributed by atoms with van der Waals surface area (Å²) in [6.07, 6.45) is -0.606. The van der Waals surface area contributed by atoms with E-state index < -0.39 is 35.2 Å². The first-order valence-corrected chi connectivity index (χ1v) is 15.3. The number of rotatable bonds is 6.